The van der Waals surface area contributed by atoms with Gasteiger partial charge in [0.15, 0.2) is 0 Å². The van der Waals surface area contributed by atoms with E-state index in [4.69, 9.17) is 14.0 Å². The molecule has 6 heteroatoms. The molecule has 0 aliphatic carbocycles. The molecule has 0 heterocycles. The van der Waals surface area contributed by atoms with Crippen LogP contribution in [0, 0.1) is 0 Å². The zero-order chi connectivity index (χ0) is 24.5. The minimum Gasteiger partial charge on any atom is -0.493 e. The number of allylic oxidation sites excluding steroid dienone is 1. The Labute approximate surface area is 205 Å². The van der Waals surface area contributed by atoms with Gasteiger partial charge in [0.25, 0.3) is 10.1 Å². The van der Waals surface area contributed by atoms with Crippen molar-refractivity contribution < 1.29 is 22.4 Å². The van der Waals surface area contributed by atoms with E-state index >= 15 is 0 Å². The average Bonchev–Trinajstić information content (AvgIpc) is 2.82. The van der Waals surface area contributed by atoms with Crippen LogP contribution in [0.5, 0.6) is 11.5 Å². The molecule has 0 atom stereocenters. The molecule has 5 nitrogen and oxygen atoms in total. The maximum absolute atomic E-state index is 10.8. The minimum absolute atomic E-state index is 0.180. The molecule has 188 valence electrons. The SMILES string of the molecule is C=CCCCCCCCCOc1cccc(OCCCCCCS(=O)(=O)O)c1-c1ccccc1. The average molecular weight is 489 g/mol. The number of benzene rings is 2. The first-order valence-corrected chi connectivity index (χ1v) is 14.1. The molecule has 0 spiro atoms. The van der Waals surface area contributed by atoms with Crippen molar-refractivity contribution in [2.24, 2.45) is 0 Å². The Morgan fingerprint density at radius 1 is 0.706 bits per heavy atom. The minimum atomic E-state index is -3.87. The zero-order valence-electron chi connectivity index (χ0n) is 20.3. The number of rotatable bonds is 19. The molecule has 0 unspecified atom stereocenters. The summed E-state index contributed by atoms with van der Waals surface area (Å²) >= 11 is 0. The van der Waals surface area contributed by atoms with Crippen LogP contribution in [0.3, 0.4) is 0 Å². The summed E-state index contributed by atoms with van der Waals surface area (Å²) in [5.41, 5.74) is 2.03. The van der Waals surface area contributed by atoms with Gasteiger partial charge in [-0.3, -0.25) is 4.55 Å². The Morgan fingerprint density at radius 3 is 1.79 bits per heavy atom. The molecule has 34 heavy (non-hydrogen) atoms. The smallest absolute Gasteiger partial charge is 0.264 e. The van der Waals surface area contributed by atoms with Gasteiger partial charge in [0, 0.05) is 0 Å². The fraction of sp³-hybridized carbons (Fsp3) is 0.500. The molecule has 0 bridgehead atoms. The van der Waals surface area contributed by atoms with Crippen molar-refractivity contribution in [3.05, 3.63) is 61.2 Å². The lowest BCUT2D eigenvalue weighted by Gasteiger charge is -2.17. The largest absolute Gasteiger partial charge is 0.493 e. The van der Waals surface area contributed by atoms with Gasteiger partial charge < -0.3 is 9.47 Å². The number of hydrogen-bond donors (Lipinski definition) is 1. The Kier molecular flexibility index (Phi) is 13.4. The van der Waals surface area contributed by atoms with Crippen LogP contribution in [0.4, 0.5) is 0 Å². The second-order valence-corrected chi connectivity index (χ2v) is 10.2. The first-order chi connectivity index (χ1) is 16.5. The lowest BCUT2D eigenvalue weighted by atomic mass is 10.0. The molecular weight excluding hydrogens is 448 g/mol. The van der Waals surface area contributed by atoms with Gasteiger partial charge in [-0.25, -0.2) is 0 Å². The summed E-state index contributed by atoms with van der Waals surface area (Å²) in [7, 11) is -3.87. The van der Waals surface area contributed by atoms with Crippen molar-refractivity contribution in [2.75, 3.05) is 19.0 Å². The van der Waals surface area contributed by atoms with Crippen molar-refractivity contribution in [2.45, 2.75) is 70.6 Å². The van der Waals surface area contributed by atoms with Crippen LogP contribution in [0.25, 0.3) is 11.1 Å². The van der Waals surface area contributed by atoms with Gasteiger partial charge >= 0.3 is 0 Å². The summed E-state index contributed by atoms with van der Waals surface area (Å²) in [5, 5.41) is 0. The van der Waals surface area contributed by atoms with Crippen molar-refractivity contribution in [1.82, 2.24) is 0 Å². The fourth-order valence-electron chi connectivity index (χ4n) is 3.84. The first-order valence-electron chi connectivity index (χ1n) is 12.5. The molecule has 0 aromatic heterocycles. The summed E-state index contributed by atoms with van der Waals surface area (Å²) in [6, 6.07) is 16.1. The lowest BCUT2D eigenvalue weighted by molar-refractivity contribution is 0.292. The Balaban J connectivity index is 1.86. The predicted octanol–water partition coefficient (Wildman–Crippen LogP) is 7.48. The van der Waals surface area contributed by atoms with E-state index < -0.39 is 10.1 Å². The molecule has 0 aliphatic heterocycles. The van der Waals surface area contributed by atoms with Gasteiger partial charge in [0.05, 0.1) is 24.5 Å². The molecule has 0 saturated carbocycles. The molecule has 0 radical (unpaired) electrons. The standard InChI is InChI=1S/C28H40O5S/c1-2-3-4-5-6-7-8-14-22-32-26-20-17-21-27(28(26)25-18-12-11-13-19-25)33-23-15-9-10-16-24-34(29,30)31/h2,11-13,17-21H,1,3-10,14-16,22-24H2,(H,29,30,31). The van der Waals surface area contributed by atoms with E-state index in [9.17, 15) is 8.42 Å². The van der Waals surface area contributed by atoms with Crippen LogP contribution in [0.15, 0.2) is 61.2 Å². The highest BCUT2D eigenvalue weighted by Gasteiger charge is 2.13. The van der Waals surface area contributed by atoms with Gasteiger partial charge in [-0.1, -0.05) is 81.0 Å². The van der Waals surface area contributed by atoms with Crippen LogP contribution >= 0.6 is 0 Å². The summed E-state index contributed by atoms with van der Waals surface area (Å²) in [4.78, 5) is 0. The molecule has 2 aromatic rings. The molecule has 0 amide bonds. The lowest BCUT2D eigenvalue weighted by Crippen LogP contribution is -2.04. The maximum atomic E-state index is 10.8. The molecule has 1 N–H and O–H groups in total. The zero-order valence-corrected chi connectivity index (χ0v) is 21.1. The molecule has 2 rings (SSSR count). The molecule has 0 saturated heterocycles. The van der Waals surface area contributed by atoms with Crippen LogP contribution in [0.2, 0.25) is 0 Å². The van der Waals surface area contributed by atoms with Crippen molar-refractivity contribution in [1.29, 1.82) is 0 Å². The van der Waals surface area contributed by atoms with Crippen LogP contribution < -0.4 is 9.47 Å². The second kappa shape index (κ2) is 16.3. The first kappa shape index (κ1) is 27.9. The Hall–Kier alpha value is -2.31. The molecule has 0 aliphatic rings. The quantitative estimate of drug-likeness (QED) is 0.126. The maximum Gasteiger partial charge on any atom is 0.264 e. The number of ether oxygens (including phenoxy) is 2. The molecule has 2 aromatic carbocycles. The van der Waals surface area contributed by atoms with E-state index in [-0.39, 0.29) is 5.75 Å². The summed E-state index contributed by atoms with van der Waals surface area (Å²) < 4.78 is 42.7. The Morgan fingerprint density at radius 2 is 1.24 bits per heavy atom. The van der Waals surface area contributed by atoms with Crippen molar-refractivity contribution >= 4 is 10.1 Å². The van der Waals surface area contributed by atoms with Gasteiger partial charge in [0.2, 0.25) is 0 Å². The van der Waals surface area contributed by atoms with E-state index in [1.54, 1.807) is 0 Å². The van der Waals surface area contributed by atoms with Crippen LogP contribution in [-0.2, 0) is 10.1 Å². The van der Waals surface area contributed by atoms with E-state index in [1.807, 2.05) is 42.5 Å². The normalized spacial score (nSPS) is 11.3. The molecular formula is C28H40O5S. The summed E-state index contributed by atoms with van der Waals surface area (Å²) in [6.07, 6.45) is 13.2. The van der Waals surface area contributed by atoms with Crippen LogP contribution in [0.1, 0.15) is 70.6 Å². The second-order valence-electron chi connectivity index (χ2n) is 8.59. The highest BCUT2D eigenvalue weighted by Crippen LogP contribution is 2.38. The van der Waals surface area contributed by atoms with E-state index in [1.165, 1.54) is 32.1 Å². The van der Waals surface area contributed by atoms with Gasteiger partial charge in [0.1, 0.15) is 11.5 Å². The number of unbranched alkanes of at least 4 members (excludes halogenated alkanes) is 9. The highest BCUT2D eigenvalue weighted by molar-refractivity contribution is 7.85. The fourth-order valence-corrected chi connectivity index (χ4v) is 4.41. The predicted molar refractivity (Wildman–Crippen MR) is 140 cm³/mol. The molecule has 0 fully saturated rings. The third kappa shape index (κ3) is 11.7. The monoisotopic (exact) mass is 488 g/mol. The van der Waals surface area contributed by atoms with Crippen molar-refractivity contribution in [3.63, 3.8) is 0 Å². The van der Waals surface area contributed by atoms with Gasteiger partial charge in [-0.05, 0) is 49.8 Å². The van der Waals surface area contributed by atoms with Crippen LogP contribution in [-0.4, -0.2) is 31.9 Å². The van der Waals surface area contributed by atoms with Crippen molar-refractivity contribution in [3.8, 4) is 22.6 Å². The highest BCUT2D eigenvalue weighted by atomic mass is 32.2. The van der Waals surface area contributed by atoms with Gasteiger partial charge in [-0.2, -0.15) is 8.42 Å². The number of hydrogen-bond acceptors (Lipinski definition) is 4. The summed E-state index contributed by atoms with van der Waals surface area (Å²) in [6.45, 7) is 5.00. The third-order valence-electron chi connectivity index (χ3n) is 5.66. The third-order valence-corrected chi connectivity index (χ3v) is 6.47. The van der Waals surface area contributed by atoms with E-state index in [0.717, 1.165) is 54.7 Å². The van der Waals surface area contributed by atoms with E-state index in [0.29, 0.717) is 19.6 Å². The summed E-state index contributed by atoms with van der Waals surface area (Å²) in [5.74, 6) is 1.45. The van der Waals surface area contributed by atoms with E-state index in [2.05, 4.69) is 18.7 Å². The Bertz CT molecular complexity index is 925. The van der Waals surface area contributed by atoms with Gasteiger partial charge in [-0.15, -0.1) is 6.58 Å². The topological polar surface area (TPSA) is 72.8 Å².